The molecular weight excluding hydrogens is 574 g/mol. The van der Waals surface area contributed by atoms with E-state index >= 15 is 0 Å². The summed E-state index contributed by atoms with van der Waals surface area (Å²) in [7, 11) is 0. The van der Waals surface area contributed by atoms with E-state index in [1.165, 1.54) is 0 Å². The van der Waals surface area contributed by atoms with Crippen molar-refractivity contribution < 1.29 is 28.7 Å². The molecule has 45 heavy (non-hydrogen) atoms. The van der Waals surface area contributed by atoms with Crippen molar-refractivity contribution in [2.24, 2.45) is 10.8 Å². The predicted molar refractivity (Wildman–Crippen MR) is 167 cm³/mol. The molecule has 11 nitrogen and oxygen atoms in total. The quantitative estimate of drug-likeness (QED) is 0.434. The number of carbonyl (C=O) groups excluding carboxylic acids is 5. The molecule has 5 amide bonds. The third kappa shape index (κ3) is 5.93. The van der Waals surface area contributed by atoms with E-state index < -0.39 is 29.7 Å². The fraction of sp³-hybridized carbons (Fsp3) is 0.500. The first-order valence-electron chi connectivity index (χ1n) is 15.7. The van der Waals surface area contributed by atoms with Crippen LogP contribution in [-0.2, 0) is 9.59 Å². The average Bonchev–Trinajstić information content (AvgIpc) is 3.24. The van der Waals surface area contributed by atoms with Gasteiger partial charge in [0.2, 0.25) is 11.8 Å². The fourth-order valence-corrected chi connectivity index (χ4v) is 7.79. The topological polar surface area (TPSA) is 128 Å². The van der Waals surface area contributed by atoms with Crippen molar-refractivity contribution in [3.63, 3.8) is 0 Å². The van der Waals surface area contributed by atoms with Gasteiger partial charge in [-0.2, -0.15) is 0 Å². The number of piperazine rings is 1. The Hall–Kier alpha value is -4.25. The van der Waals surface area contributed by atoms with E-state index in [-0.39, 0.29) is 46.7 Å². The molecule has 11 heteroatoms. The molecule has 1 atom stereocenters. The Balaban J connectivity index is 0.968. The molecular formula is C34H41N5O6. The predicted octanol–water partition coefficient (Wildman–Crippen LogP) is 2.84. The average molecular weight is 616 g/mol. The summed E-state index contributed by atoms with van der Waals surface area (Å²) in [5.74, 6) is -1.34. The lowest BCUT2D eigenvalue weighted by Crippen LogP contribution is -2.63. The van der Waals surface area contributed by atoms with Crippen LogP contribution in [0.3, 0.4) is 0 Å². The minimum Gasteiger partial charge on any atom is -0.492 e. The van der Waals surface area contributed by atoms with Crippen LogP contribution in [0.25, 0.3) is 0 Å². The SMILES string of the molecule is CC1(C)CC(C)(C)C1NC(=O)c1ccc(OCCN2CCN(c3ccc4c(c3)C(=O)N(C3CCC(=O)NC3=O)C4=O)CC2)cc1. The van der Waals surface area contributed by atoms with Crippen LogP contribution in [0.5, 0.6) is 5.75 Å². The molecule has 2 aromatic rings. The number of ether oxygens (including phenoxy) is 1. The van der Waals surface area contributed by atoms with Crippen LogP contribution in [0, 0.1) is 10.8 Å². The molecule has 1 unspecified atom stereocenters. The van der Waals surface area contributed by atoms with Crippen molar-refractivity contribution in [1.29, 1.82) is 0 Å². The van der Waals surface area contributed by atoms with Gasteiger partial charge >= 0.3 is 0 Å². The van der Waals surface area contributed by atoms with Crippen LogP contribution in [0.2, 0.25) is 0 Å². The molecule has 2 N–H and O–H groups in total. The molecule has 6 rings (SSSR count). The van der Waals surface area contributed by atoms with E-state index in [4.69, 9.17) is 4.74 Å². The highest BCUT2D eigenvalue weighted by Crippen LogP contribution is 2.53. The maximum absolute atomic E-state index is 13.2. The first-order valence-corrected chi connectivity index (χ1v) is 15.7. The summed E-state index contributed by atoms with van der Waals surface area (Å²) in [6.07, 6.45) is 1.30. The van der Waals surface area contributed by atoms with Gasteiger partial charge in [-0.1, -0.05) is 27.7 Å². The smallest absolute Gasteiger partial charge is 0.262 e. The second-order valence-electron chi connectivity index (χ2n) is 13.9. The molecule has 2 saturated heterocycles. The van der Waals surface area contributed by atoms with E-state index in [9.17, 15) is 24.0 Å². The number of piperidine rings is 1. The Kier molecular flexibility index (Phi) is 7.93. The highest BCUT2D eigenvalue weighted by Gasteiger charge is 2.53. The Morgan fingerprint density at radius 2 is 1.58 bits per heavy atom. The Morgan fingerprint density at radius 1 is 0.911 bits per heavy atom. The van der Waals surface area contributed by atoms with Crippen molar-refractivity contribution in [3.05, 3.63) is 59.2 Å². The summed E-state index contributed by atoms with van der Waals surface area (Å²) >= 11 is 0. The number of rotatable bonds is 8. The fourth-order valence-electron chi connectivity index (χ4n) is 7.79. The van der Waals surface area contributed by atoms with Crippen molar-refractivity contribution in [2.45, 2.75) is 59.0 Å². The molecule has 1 aliphatic carbocycles. The van der Waals surface area contributed by atoms with Gasteiger partial charge in [-0.05, 0) is 66.1 Å². The number of benzene rings is 2. The van der Waals surface area contributed by atoms with Gasteiger partial charge in [0.1, 0.15) is 18.4 Å². The van der Waals surface area contributed by atoms with Crippen LogP contribution < -0.4 is 20.3 Å². The molecule has 0 aromatic heterocycles. The lowest BCUT2D eigenvalue weighted by Gasteiger charge is -2.57. The normalized spacial score (nSPS) is 23.0. The number of carbonyl (C=O) groups is 5. The van der Waals surface area contributed by atoms with Gasteiger partial charge in [0.15, 0.2) is 0 Å². The summed E-state index contributed by atoms with van der Waals surface area (Å²) in [5.41, 5.74) is 2.23. The number of amides is 5. The second kappa shape index (κ2) is 11.6. The van der Waals surface area contributed by atoms with Crippen molar-refractivity contribution in [2.75, 3.05) is 44.2 Å². The van der Waals surface area contributed by atoms with E-state index in [1.54, 1.807) is 24.3 Å². The summed E-state index contributed by atoms with van der Waals surface area (Å²) < 4.78 is 5.97. The number of nitrogens with zero attached hydrogens (tertiary/aromatic N) is 3. The van der Waals surface area contributed by atoms with E-state index in [0.29, 0.717) is 12.2 Å². The molecule has 0 bridgehead atoms. The Labute approximate surface area is 263 Å². The molecule has 0 radical (unpaired) electrons. The number of fused-ring (bicyclic) bond motifs is 1. The maximum Gasteiger partial charge on any atom is 0.262 e. The van der Waals surface area contributed by atoms with Gasteiger partial charge in [-0.25, -0.2) is 0 Å². The lowest BCUT2D eigenvalue weighted by molar-refractivity contribution is -0.136. The number of hydrogen-bond acceptors (Lipinski definition) is 8. The second-order valence-corrected chi connectivity index (χ2v) is 13.9. The van der Waals surface area contributed by atoms with Gasteiger partial charge in [0.05, 0.1) is 11.1 Å². The molecule has 3 fully saturated rings. The molecule has 1 saturated carbocycles. The Bertz CT molecular complexity index is 1530. The molecule has 4 aliphatic rings. The van der Waals surface area contributed by atoms with Gasteiger partial charge in [-0.15, -0.1) is 0 Å². The van der Waals surface area contributed by atoms with Crippen LogP contribution in [0.1, 0.15) is 78.0 Å². The first-order chi connectivity index (χ1) is 21.3. The lowest BCUT2D eigenvalue weighted by atomic mass is 9.52. The largest absolute Gasteiger partial charge is 0.492 e. The third-order valence-corrected chi connectivity index (χ3v) is 9.70. The van der Waals surface area contributed by atoms with Gasteiger partial charge in [0, 0.05) is 56.4 Å². The zero-order valence-corrected chi connectivity index (χ0v) is 26.4. The number of imide groups is 2. The maximum atomic E-state index is 13.2. The summed E-state index contributed by atoms with van der Waals surface area (Å²) in [6, 6.07) is 11.7. The van der Waals surface area contributed by atoms with E-state index in [0.717, 1.165) is 55.5 Å². The van der Waals surface area contributed by atoms with Crippen LogP contribution in [-0.4, -0.2) is 90.8 Å². The van der Waals surface area contributed by atoms with Crippen molar-refractivity contribution in [3.8, 4) is 5.75 Å². The zero-order valence-electron chi connectivity index (χ0n) is 26.4. The third-order valence-electron chi connectivity index (χ3n) is 9.70. The first kappa shape index (κ1) is 30.8. The summed E-state index contributed by atoms with van der Waals surface area (Å²) in [5, 5.41) is 5.44. The van der Waals surface area contributed by atoms with Crippen LogP contribution in [0.15, 0.2) is 42.5 Å². The number of nitrogens with one attached hydrogen (secondary N) is 2. The molecule has 238 valence electrons. The minimum absolute atomic E-state index is 0.0590. The minimum atomic E-state index is -0.973. The van der Waals surface area contributed by atoms with Gasteiger partial charge < -0.3 is 15.0 Å². The summed E-state index contributed by atoms with van der Waals surface area (Å²) in [6.45, 7) is 13.1. The number of anilines is 1. The summed E-state index contributed by atoms with van der Waals surface area (Å²) in [4.78, 5) is 68.4. The highest BCUT2D eigenvalue weighted by molar-refractivity contribution is 6.23. The van der Waals surface area contributed by atoms with Gasteiger partial charge in [0.25, 0.3) is 17.7 Å². The Morgan fingerprint density at radius 3 is 2.22 bits per heavy atom. The van der Waals surface area contributed by atoms with E-state index in [1.807, 2.05) is 18.2 Å². The monoisotopic (exact) mass is 615 g/mol. The molecule has 2 aromatic carbocycles. The standard InChI is InChI=1S/C34H41N5O6/c1-33(2)20-34(3,4)32(33)36-28(41)21-5-8-23(9-6-21)45-18-17-37-13-15-38(16-14-37)22-7-10-24-25(19-22)31(44)39(30(24)43)26-11-12-27(40)35-29(26)42/h5-10,19,26,32H,11-18,20H2,1-4H3,(H,36,41)(H,35,40,42). The van der Waals surface area contributed by atoms with Crippen molar-refractivity contribution >= 4 is 35.2 Å². The van der Waals surface area contributed by atoms with Gasteiger partial charge in [-0.3, -0.25) is 39.1 Å². The molecule has 3 heterocycles. The van der Waals surface area contributed by atoms with Crippen molar-refractivity contribution in [1.82, 2.24) is 20.4 Å². The molecule has 3 aliphatic heterocycles. The number of hydrogen-bond donors (Lipinski definition) is 2. The zero-order chi connectivity index (χ0) is 32.1. The van der Waals surface area contributed by atoms with E-state index in [2.05, 4.69) is 48.1 Å². The van der Waals surface area contributed by atoms with Crippen LogP contribution in [0.4, 0.5) is 5.69 Å². The molecule has 0 spiro atoms. The van der Waals surface area contributed by atoms with Crippen LogP contribution >= 0.6 is 0 Å². The highest BCUT2D eigenvalue weighted by atomic mass is 16.5.